The molecule has 3 N–H and O–H groups in total. The molecule has 0 bridgehead atoms. The van der Waals surface area contributed by atoms with E-state index < -0.39 is 0 Å². The second-order valence-electron chi connectivity index (χ2n) is 10.6. The van der Waals surface area contributed by atoms with Gasteiger partial charge in [0.1, 0.15) is 16.2 Å². The number of aryl methyl sites for hydroxylation is 3. The van der Waals surface area contributed by atoms with Gasteiger partial charge in [-0.15, -0.1) is 11.3 Å². The maximum atomic E-state index is 13.6. The molecule has 6 rings (SSSR count). The number of pyridine rings is 2. The van der Waals surface area contributed by atoms with Crippen molar-refractivity contribution in [3.05, 3.63) is 67.4 Å². The fourth-order valence-corrected chi connectivity index (χ4v) is 6.93. The zero-order valence-corrected chi connectivity index (χ0v) is 23.9. The van der Waals surface area contributed by atoms with E-state index in [4.69, 9.17) is 5.73 Å². The van der Waals surface area contributed by atoms with Gasteiger partial charge in [0.15, 0.2) is 5.82 Å². The second kappa shape index (κ2) is 11.1. The molecular weight excluding hydrogens is 540 g/mol. The molecule has 5 heterocycles. The van der Waals surface area contributed by atoms with E-state index in [-0.39, 0.29) is 29.2 Å². The lowest BCUT2D eigenvalue weighted by Gasteiger charge is -2.21. The summed E-state index contributed by atoms with van der Waals surface area (Å²) in [7, 11) is 3.67. The van der Waals surface area contributed by atoms with Crippen LogP contribution in [0.4, 0.5) is 5.69 Å². The minimum absolute atomic E-state index is 0.176. The van der Waals surface area contributed by atoms with E-state index in [9.17, 15) is 14.7 Å². The molecule has 1 aliphatic carbocycles. The SMILES string of the molecule is CN1CCN=C(CC(N)=Nc2cc(-c3ccnc(-n4ncc5c6c(sc5c4=O)CCCC6)c3CO)cn(C)c2=O)C1. The highest BCUT2D eigenvalue weighted by molar-refractivity contribution is 7.19. The molecule has 0 saturated carbocycles. The Labute approximate surface area is 240 Å². The van der Waals surface area contributed by atoms with Gasteiger partial charge in [-0.3, -0.25) is 19.5 Å². The number of thiophene rings is 1. The molecule has 4 aromatic rings. The number of hydrogen-bond acceptors (Lipinski definition) is 9. The van der Waals surface area contributed by atoms with Gasteiger partial charge in [0.25, 0.3) is 11.1 Å². The first-order valence-electron chi connectivity index (χ1n) is 13.7. The molecule has 212 valence electrons. The molecule has 1 aliphatic heterocycles. The zero-order chi connectivity index (χ0) is 28.7. The molecule has 0 aromatic carbocycles. The van der Waals surface area contributed by atoms with Crippen LogP contribution in [-0.2, 0) is 26.5 Å². The Balaban J connectivity index is 1.41. The lowest BCUT2D eigenvalue weighted by molar-refractivity contribution is 0.281. The maximum absolute atomic E-state index is 13.6. The van der Waals surface area contributed by atoms with Crippen molar-refractivity contribution in [1.29, 1.82) is 0 Å². The van der Waals surface area contributed by atoms with Crippen LogP contribution in [0.1, 0.15) is 35.3 Å². The van der Waals surface area contributed by atoms with Crippen molar-refractivity contribution < 1.29 is 5.11 Å². The number of amidine groups is 1. The zero-order valence-electron chi connectivity index (χ0n) is 23.1. The van der Waals surface area contributed by atoms with Crippen molar-refractivity contribution in [3.63, 3.8) is 0 Å². The summed E-state index contributed by atoms with van der Waals surface area (Å²) in [6.07, 6.45) is 9.54. The Morgan fingerprint density at radius 3 is 2.83 bits per heavy atom. The Morgan fingerprint density at radius 1 is 1.20 bits per heavy atom. The van der Waals surface area contributed by atoms with Crippen molar-refractivity contribution in [2.45, 2.75) is 38.7 Å². The fraction of sp³-hybridized carbons (Fsp3) is 0.379. The molecule has 0 radical (unpaired) electrons. The Bertz CT molecular complexity index is 1830. The van der Waals surface area contributed by atoms with Gasteiger partial charge in [-0.25, -0.2) is 9.98 Å². The number of hydrogen-bond donors (Lipinski definition) is 2. The quantitative estimate of drug-likeness (QED) is 0.267. The summed E-state index contributed by atoms with van der Waals surface area (Å²) in [5.74, 6) is 0.551. The molecule has 11 nitrogen and oxygen atoms in total. The highest BCUT2D eigenvalue weighted by Gasteiger charge is 2.22. The van der Waals surface area contributed by atoms with Crippen LogP contribution in [0.25, 0.3) is 27.0 Å². The molecule has 12 heteroatoms. The molecule has 41 heavy (non-hydrogen) atoms. The number of rotatable bonds is 6. The highest BCUT2D eigenvalue weighted by atomic mass is 32.1. The number of aliphatic imine (C=N–C) groups is 2. The van der Waals surface area contributed by atoms with Crippen LogP contribution in [-0.4, -0.2) is 67.6 Å². The monoisotopic (exact) mass is 572 g/mol. The minimum Gasteiger partial charge on any atom is -0.392 e. The molecule has 0 unspecified atom stereocenters. The van der Waals surface area contributed by atoms with Crippen molar-refractivity contribution >= 4 is 38.7 Å². The van der Waals surface area contributed by atoms with Crippen molar-refractivity contribution in [1.82, 2.24) is 24.2 Å². The van der Waals surface area contributed by atoms with E-state index in [1.54, 1.807) is 37.8 Å². The summed E-state index contributed by atoms with van der Waals surface area (Å²) >= 11 is 1.53. The predicted molar refractivity (Wildman–Crippen MR) is 162 cm³/mol. The fourth-order valence-electron chi connectivity index (χ4n) is 5.65. The topological polar surface area (TPSA) is 144 Å². The van der Waals surface area contributed by atoms with Crippen LogP contribution in [0.3, 0.4) is 0 Å². The third-order valence-corrected chi connectivity index (χ3v) is 8.98. The minimum atomic E-state index is -0.386. The van der Waals surface area contributed by atoms with E-state index in [0.717, 1.165) is 43.3 Å². The largest absolute Gasteiger partial charge is 0.392 e. The Kier molecular flexibility index (Phi) is 7.37. The third kappa shape index (κ3) is 5.14. The summed E-state index contributed by atoms with van der Waals surface area (Å²) in [6.45, 7) is 1.93. The van der Waals surface area contributed by atoms with Gasteiger partial charge in [-0.05, 0) is 56.0 Å². The van der Waals surface area contributed by atoms with Gasteiger partial charge < -0.3 is 15.4 Å². The van der Waals surface area contributed by atoms with Gasteiger partial charge in [-0.1, -0.05) is 0 Å². The number of aliphatic hydroxyl groups is 1. The standard InChI is InChI=1S/C29H32N8O3S/c1-35-10-9-31-18(15-35)12-25(30)34-23-11-17(14-36(2)28(23)39)19-7-8-32-27(22(19)16-38)37-29(40)26-21(13-33-37)20-5-3-4-6-24(20)41-26/h7-8,11,13-14,38H,3-6,9-10,12,15-16H2,1-2H3,(H2,30,34). The summed E-state index contributed by atoms with van der Waals surface area (Å²) in [4.78, 5) is 43.5. The molecule has 2 aliphatic rings. The van der Waals surface area contributed by atoms with Crippen molar-refractivity contribution in [3.8, 4) is 16.9 Å². The summed E-state index contributed by atoms with van der Waals surface area (Å²) in [5, 5.41) is 15.9. The molecular formula is C29H32N8O3S. The summed E-state index contributed by atoms with van der Waals surface area (Å²) in [6, 6.07) is 3.39. The molecule has 0 amide bonds. The summed E-state index contributed by atoms with van der Waals surface area (Å²) in [5.41, 5.74) is 9.69. The molecule has 0 saturated heterocycles. The molecule has 0 spiro atoms. The summed E-state index contributed by atoms with van der Waals surface area (Å²) < 4.78 is 3.35. The van der Waals surface area contributed by atoms with Gasteiger partial charge in [0, 0.05) is 66.1 Å². The first-order chi connectivity index (χ1) is 19.8. The number of likely N-dealkylation sites (N-methyl/N-ethyl adjacent to an activating group) is 1. The maximum Gasteiger partial charge on any atom is 0.290 e. The van der Waals surface area contributed by atoms with Crippen LogP contribution in [0.15, 0.2) is 50.3 Å². The second-order valence-corrected chi connectivity index (χ2v) is 11.7. The lowest BCUT2D eigenvalue weighted by Crippen LogP contribution is -2.35. The van der Waals surface area contributed by atoms with Crippen LogP contribution < -0.4 is 16.9 Å². The van der Waals surface area contributed by atoms with Crippen molar-refractivity contribution in [2.24, 2.45) is 22.8 Å². The smallest absolute Gasteiger partial charge is 0.290 e. The lowest BCUT2D eigenvalue weighted by atomic mass is 9.97. The number of aromatic nitrogens is 4. The Hall–Kier alpha value is -4.00. The van der Waals surface area contributed by atoms with Crippen molar-refractivity contribution in [2.75, 3.05) is 26.7 Å². The van der Waals surface area contributed by atoms with Gasteiger partial charge in [-0.2, -0.15) is 9.78 Å². The van der Waals surface area contributed by atoms with Crippen LogP contribution in [0.2, 0.25) is 0 Å². The molecule has 0 atom stereocenters. The predicted octanol–water partition coefficient (Wildman–Crippen LogP) is 2.34. The Morgan fingerprint density at radius 2 is 2.02 bits per heavy atom. The average Bonchev–Trinajstić information content (AvgIpc) is 3.35. The first-order valence-corrected chi connectivity index (χ1v) is 14.5. The average molecular weight is 573 g/mol. The van der Waals surface area contributed by atoms with Crippen LogP contribution in [0.5, 0.6) is 0 Å². The highest BCUT2D eigenvalue weighted by Crippen LogP contribution is 2.35. The number of aliphatic hydroxyl groups excluding tert-OH is 1. The van der Waals surface area contributed by atoms with Crippen LogP contribution in [0, 0.1) is 0 Å². The van der Waals surface area contributed by atoms with E-state index in [0.29, 0.717) is 46.7 Å². The van der Waals surface area contributed by atoms with Crippen LogP contribution >= 0.6 is 11.3 Å². The number of fused-ring (bicyclic) bond motifs is 3. The number of nitrogens with zero attached hydrogens (tertiary/aromatic N) is 7. The molecule has 4 aromatic heterocycles. The van der Waals surface area contributed by atoms with E-state index >= 15 is 0 Å². The third-order valence-electron chi connectivity index (χ3n) is 7.69. The molecule has 0 fully saturated rings. The normalized spacial score (nSPS) is 16.2. The van der Waals surface area contributed by atoms with E-state index in [1.807, 2.05) is 7.05 Å². The van der Waals surface area contributed by atoms with Gasteiger partial charge >= 0.3 is 0 Å². The van der Waals surface area contributed by atoms with Gasteiger partial charge in [0.2, 0.25) is 0 Å². The first kappa shape index (κ1) is 27.2. The number of nitrogens with two attached hydrogens (primary N) is 1. The van der Waals surface area contributed by atoms with Gasteiger partial charge in [0.05, 0.1) is 19.3 Å². The van der Waals surface area contributed by atoms with E-state index in [2.05, 4.69) is 25.0 Å². The van der Waals surface area contributed by atoms with E-state index in [1.165, 1.54) is 31.0 Å².